The van der Waals surface area contributed by atoms with Gasteiger partial charge in [0.05, 0.1) is 29.2 Å². The number of carbonyl (C=O) groups excluding carboxylic acids is 2. The number of amides is 2. The lowest BCUT2D eigenvalue weighted by molar-refractivity contribution is -0.384. The van der Waals surface area contributed by atoms with Crippen molar-refractivity contribution in [3.05, 3.63) is 93.8 Å². The molecule has 0 heterocycles. The summed E-state index contributed by atoms with van der Waals surface area (Å²) in [6, 6.07) is 12.4. The summed E-state index contributed by atoms with van der Waals surface area (Å²) in [7, 11) is 0. The van der Waals surface area contributed by atoms with Gasteiger partial charge in [-0.15, -0.1) is 0 Å². The van der Waals surface area contributed by atoms with E-state index in [0.29, 0.717) is 6.07 Å². The first-order valence-corrected chi connectivity index (χ1v) is 9.98. The number of rotatable bonds is 8. The molecule has 12 heteroatoms. The van der Waals surface area contributed by atoms with Crippen LogP contribution in [0.1, 0.15) is 22.3 Å². The Bertz CT molecular complexity index is 1230. The molecule has 0 bridgehead atoms. The first kappa shape index (κ1) is 25.1. The van der Waals surface area contributed by atoms with E-state index in [9.17, 15) is 37.3 Å². The van der Waals surface area contributed by atoms with Crippen LogP contribution in [0, 0.1) is 15.9 Å². The molecule has 0 aliphatic rings. The average Bonchev–Trinajstić information content (AvgIpc) is 2.80. The Labute approximate surface area is 195 Å². The highest BCUT2D eigenvalue weighted by atomic mass is 19.4. The molecule has 3 aromatic carbocycles. The van der Waals surface area contributed by atoms with Crippen molar-refractivity contribution in [1.29, 1.82) is 0 Å². The van der Waals surface area contributed by atoms with Crippen LogP contribution in [0.15, 0.2) is 66.7 Å². The van der Waals surface area contributed by atoms with E-state index in [2.05, 4.69) is 10.6 Å². The van der Waals surface area contributed by atoms with Crippen molar-refractivity contribution < 1.29 is 36.8 Å². The third kappa shape index (κ3) is 7.00. The van der Waals surface area contributed by atoms with E-state index in [1.54, 1.807) is 0 Å². The van der Waals surface area contributed by atoms with E-state index in [-0.39, 0.29) is 35.7 Å². The molecule has 0 unspecified atom stereocenters. The predicted octanol–water partition coefficient (Wildman–Crippen LogP) is 5.41. The van der Waals surface area contributed by atoms with Crippen LogP contribution in [-0.4, -0.2) is 23.3 Å². The number of hydrogen-bond acceptors (Lipinski definition) is 5. The molecular formula is C23H17F4N3O5. The van der Waals surface area contributed by atoms with Gasteiger partial charge >= 0.3 is 6.18 Å². The van der Waals surface area contributed by atoms with Crippen LogP contribution in [0.3, 0.4) is 0 Å². The number of halogens is 4. The van der Waals surface area contributed by atoms with Gasteiger partial charge in [0.15, 0.2) is 0 Å². The number of nitrogens with zero attached hydrogens (tertiary/aromatic N) is 1. The highest BCUT2D eigenvalue weighted by Gasteiger charge is 2.34. The van der Waals surface area contributed by atoms with E-state index < -0.39 is 40.0 Å². The van der Waals surface area contributed by atoms with Gasteiger partial charge in [-0.25, -0.2) is 4.39 Å². The van der Waals surface area contributed by atoms with Crippen LogP contribution in [0.2, 0.25) is 0 Å². The van der Waals surface area contributed by atoms with Gasteiger partial charge in [0, 0.05) is 23.4 Å². The predicted molar refractivity (Wildman–Crippen MR) is 118 cm³/mol. The van der Waals surface area contributed by atoms with Gasteiger partial charge in [-0.05, 0) is 54.6 Å². The molecule has 0 aliphatic heterocycles. The molecule has 0 aromatic heterocycles. The summed E-state index contributed by atoms with van der Waals surface area (Å²) in [6.07, 6.45) is -5.13. The van der Waals surface area contributed by atoms with Gasteiger partial charge in [-0.1, -0.05) is 0 Å². The molecule has 3 aromatic rings. The third-order valence-corrected chi connectivity index (χ3v) is 4.61. The van der Waals surface area contributed by atoms with Crippen molar-refractivity contribution in [2.45, 2.75) is 12.6 Å². The number of nitro groups is 1. The molecule has 8 nitrogen and oxygen atoms in total. The number of non-ortho nitro benzene ring substituents is 1. The number of ether oxygens (including phenoxy) is 1. The maximum atomic E-state index is 13.6. The highest BCUT2D eigenvalue weighted by molar-refractivity contribution is 6.04. The van der Waals surface area contributed by atoms with E-state index in [0.717, 1.165) is 18.2 Å². The molecular weight excluding hydrogens is 474 g/mol. The van der Waals surface area contributed by atoms with Crippen LogP contribution < -0.4 is 15.4 Å². The molecule has 0 radical (unpaired) electrons. The molecule has 2 amide bonds. The fourth-order valence-corrected chi connectivity index (χ4v) is 2.91. The minimum absolute atomic E-state index is 0.0466. The van der Waals surface area contributed by atoms with Crippen LogP contribution in [0.25, 0.3) is 0 Å². The molecule has 0 saturated heterocycles. The highest BCUT2D eigenvalue weighted by Crippen LogP contribution is 2.36. The molecule has 3 rings (SSSR count). The van der Waals surface area contributed by atoms with Gasteiger partial charge in [-0.3, -0.25) is 19.7 Å². The van der Waals surface area contributed by atoms with Gasteiger partial charge < -0.3 is 15.4 Å². The van der Waals surface area contributed by atoms with Crippen LogP contribution in [0.4, 0.5) is 34.6 Å². The minimum Gasteiger partial charge on any atom is -0.493 e. The van der Waals surface area contributed by atoms with Crippen LogP contribution in [0.5, 0.6) is 5.75 Å². The van der Waals surface area contributed by atoms with Crippen LogP contribution >= 0.6 is 0 Å². The second-order valence-electron chi connectivity index (χ2n) is 7.12. The average molecular weight is 491 g/mol. The van der Waals surface area contributed by atoms with Gasteiger partial charge in [0.2, 0.25) is 5.91 Å². The fraction of sp³-hybridized carbons (Fsp3) is 0.130. The Morgan fingerprint density at radius 3 is 2.20 bits per heavy atom. The maximum absolute atomic E-state index is 13.6. The second kappa shape index (κ2) is 10.6. The first-order valence-electron chi connectivity index (χ1n) is 9.98. The number of hydrogen-bond donors (Lipinski definition) is 2. The number of carbonyl (C=O) groups is 2. The van der Waals surface area contributed by atoms with Crippen molar-refractivity contribution in [2.24, 2.45) is 0 Å². The Kier molecular flexibility index (Phi) is 7.64. The zero-order valence-electron chi connectivity index (χ0n) is 17.8. The van der Waals surface area contributed by atoms with E-state index in [1.165, 1.54) is 42.5 Å². The second-order valence-corrected chi connectivity index (χ2v) is 7.12. The van der Waals surface area contributed by atoms with Crippen LogP contribution in [-0.2, 0) is 11.0 Å². The quantitative estimate of drug-likeness (QED) is 0.249. The number of nitro benzene ring substituents is 1. The number of anilines is 2. The van der Waals surface area contributed by atoms with E-state index >= 15 is 0 Å². The molecule has 0 spiro atoms. The number of alkyl halides is 3. The van der Waals surface area contributed by atoms with Gasteiger partial charge in [0.25, 0.3) is 11.6 Å². The van der Waals surface area contributed by atoms with Crippen molar-refractivity contribution in [3.8, 4) is 5.75 Å². The molecule has 0 saturated carbocycles. The maximum Gasteiger partial charge on any atom is 0.418 e. The molecule has 0 fully saturated rings. The van der Waals surface area contributed by atoms with Crippen molar-refractivity contribution in [3.63, 3.8) is 0 Å². The zero-order chi connectivity index (χ0) is 25.6. The summed E-state index contributed by atoms with van der Waals surface area (Å²) in [5.41, 5.74) is -1.97. The van der Waals surface area contributed by atoms with Gasteiger partial charge in [0.1, 0.15) is 11.6 Å². The molecule has 2 N–H and O–H groups in total. The van der Waals surface area contributed by atoms with Crippen molar-refractivity contribution in [1.82, 2.24) is 0 Å². The summed E-state index contributed by atoms with van der Waals surface area (Å²) >= 11 is 0. The molecule has 0 atom stereocenters. The summed E-state index contributed by atoms with van der Waals surface area (Å²) in [4.78, 5) is 34.4. The molecule has 0 aliphatic carbocycles. The van der Waals surface area contributed by atoms with Crippen molar-refractivity contribution >= 4 is 28.9 Å². The summed E-state index contributed by atoms with van der Waals surface area (Å²) in [5.74, 6) is -1.82. The summed E-state index contributed by atoms with van der Waals surface area (Å²) in [5, 5.41) is 15.1. The fourth-order valence-electron chi connectivity index (χ4n) is 2.91. The Hall–Kier alpha value is -4.48. The lowest BCUT2D eigenvalue weighted by Crippen LogP contribution is -2.19. The smallest absolute Gasteiger partial charge is 0.418 e. The largest absolute Gasteiger partial charge is 0.493 e. The topological polar surface area (TPSA) is 111 Å². The third-order valence-electron chi connectivity index (χ3n) is 4.61. The molecule has 35 heavy (non-hydrogen) atoms. The monoisotopic (exact) mass is 491 g/mol. The molecule has 182 valence electrons. The summed E-state index contributed by atoms with van der Waals surface area (Å²) in [6.45, 7) is -0.184. The Morgan fingerprint density at radius 1 is 0.943 bits per heavy atom. The first-order chi connectivity index (χ1) is 16.5. The SMILES string of the molecule is O=C(CCOc1ccc([N+](=O)[O-])cc1)Nc1ccc(NC(=O)c2ccc(F)cc2)cc1C(F)(F)F. The number of benzene rings is 3. The Balaban J connectivity index is 1.63. The normalized spacial score (nSPS) is 11.0. The van der Waals surface area contributed by atoms with Gasteiger partial charge in [-0.2, -0.15) is 13.2 Å². The van der Waals surface area contributed by atoms with E-state index in [1.807, 2.05) is 0 Å². The Morgan fingerprint density at radius 2 is 1.60 bits per heavy atom. The standard InChI is InChI=1S/C23H17F4N3O5/c24-15-3-1-14(2-4-15)22(32)28-16-5-10-20(19(13-16)23(25,26)27)29-21(31)11-12-35-18-8-6-17(7-9-18)30(33)34/h1-10,13H,11-12H2,(H,28,32)(H,29,31). The summed E-state index contributed by atoms with van der Waals surface area (Å²) < 4.78 is 59.0. The zero-order valence-corrected chi connectivity index (χ0v) is 17.8. The van der Waals surface area contributed by atoms with Crippen molar-refractivity contribution in [2.75, 3.05) is 17.2 Å². The lowest BCUT2D eigenvalue weighted by atomic mass is 10.1. The number of nitrogens with one attached hydrogen (secondary N) is 2. The minimum atomic E-state index is -4.84. The lowest BCUT2D eigenvalue weighted by Gasteiger charge is -2.16. The van der Waals surface area contributed by atoms with E-state index in [4.69, 9.17) is 4.74 Å².